The van der Waals surface area contributed by atoms with E-state index in [1.807, 2.05) is 6.92 Å². The molecule has 1 aromatic rings. The van der Waals surface area contributed by atoms with Crippen molar-refractivity contribution in [3.63, 3.8) is 0 Å². The summed E-state index contributed by atoms with van der Waals surface area (Å²) in [6, 6.07) is 3.35. The zero-order valence-corrected chi connectivity index (χ0v) is 10.3. The number of carbonyl (C=O) groups excluding carboxylic acids is 1. The number of hydrogen-bond donors (Lipinski definition) is 2. The Morgan fingerprint density at radius 1 is 1.59 bits per heavy atom. The van der Waals surface area contributed by atoms with E-state index in [9.17, 15) is 9.90 Å². The molecular weight excluding hydrogens is 220 g/mol. The van der Waals surface area contributed by atoms with Gasteiger partial charge < -0.3 is 15.2 Å². The third-order valence-corrected chi connectivity index (χ3v) is 2.29. The van der Waals surface area contributed by atoms with Crippen LogP contribution in [0.15, 0.2) is 18.3 Å². The number of hydrogen-bond acceptors (Lipinski definition) is 5. The average molecular weight is 238 g/mol. The van der Waals surface area contributed by atoms with E-state index in [-0.39, 0.29) is 6.04 Å². The van der Waals surface area contributed by atoms with Crippen LogP contribution in [0.25, 0.3) is 0 Å². The maximum absolute atomic E-state index is 11.5. The number of nitrogens with zero attached hydrogens (tertiary/aromatic N) is 1. The zero-order valence-electron chi connectivity index (χ0n) is 10.3. The highest BCUT2D eigenvalue weighted by atomic mass is 16.5. The van der Waals surface area contributed by atoms with E-state index in [2.05, 4.69) is 15.0 Å². The molecule has 0 aliphatic carbocycles. The van der Waals surface area contributed by atoms with E-state index in [4.69, 9.17) is 0 Å². The molecule has 0 bridgehead atoms. The molecule has 0 fully saturated rings. The van der Waals surface area contributed by atoms with Crippen LogP contribution in [0.5, 0.6) is 0 Å². The van der Waals surface area contributed by atoms with E-state index in [0.29, 0.717) is 17.8 Å². The van der Waals surface area contributed by atoms with Crippen LogP contribution < -0.4 is 5.32 Å². The molecule has 0 aromatic carbocycles. The van der Waals surface area contributed by atoms with Crippen LogP contribution >= 0.6 is 0 Å². The molecule has 2 atom stereocenters. The summed E-state index contributed by atoms with van der Waals surface area (Å²) in [5.74, 6) is 0.0531. The summed E-state index contributed by atoms with van der Waals surface area (Å²) in [4.78, 5) is 15.6. The molecule has 1 heterocycles. The van der Waals surface area contributed by atoms with Crippen LogP contribution in [0.4, 0.5) is 5.82 Å². The van der Waals surface area contributed by atoms with Gasteiger partial charge >= 0.3 is 5.97 Å². The summed E-state index contributed by atoms with van der Waals surface area (Å²) in [6.07, 6.45) is 1.78. The number of aromatic nitrogens is 1. The van der Waals surface area contributed by atoms with Crippen molar-refractivity contribution in [3.05, 3.63) is 23.9 Å². The molecule has 0 aliphatic heterocycles. The van der Waals surface area contributed by atoms with Gasteiger partial charge in [0.2, 0.25) is 0 Å². The van der Waals surface area contributed by atoms with Crippen LogP contribution in [0.1, 0.15) is 30.6 Å². The van der Waals surface area contributed by atoms with Gasteiger partial charge in [-0.25, -0.2) is 9.78 Å². The lowest BCUT2D eigenvalue weighted by Crippen LogP contribution is -2.22. The summed E-state index contributed by atoms with van der Waals surface area (Å²) in [6.45, 7) is 3.64. The molecule has 2 N–H and O–H groups in total. The van der Waals surface area contributed by atoms with Crippen LogP contribution in [0, 0.1) is 0 Å². The first-order chi connectivity index (χ1) is 8.04. The maximum atomic E-state index is 11.5. The summed E-state index contributed by atoms with van der Waals surface area (Å²) in [5.41, 5.74) is 0.396. The van der Waals surface area contributed by atoms with Gasteiger partial charge in [0.1, 0.15) is 11.4 Å². The van der Waals surface area contributed by atoms with E-state index in [1.165, 1.54) is 7.11 Å². The Balaban J connectivity index is 2.80. The van der Waals surface area contributed by atoms with Gasteiger partial charge in [0, 0.05) is 12.2 Å². The zero-order chi connectivity index (χ0) is 12.8. The van der Waals surface area contributed by atoms with Crippen LogP contribution in [0.3, 0.4) is 0 Å². The van der Waals surface area contributed by atoms with Gasteiger partial charge in [-0.1, -0.05) is 0 Å². The van der Waals surface area contributed by atoms with E-state index in [1.54, 1.807) is 25.3 Å². The lowest BCUT2D eigenvalue weighted by Gasteiger charge is -2.17. The molecule has 1 rings (SSSR count). The number of methoxy groups -OCH3 is 1. The first kappa shape index (κ1) is 13.4. The molecule has 5 nitrogen and oxygen atoms in total. The number of aliphatic hydroxyl groups is 1. The second kappa shape index (κ2) is 6.20. The van der Waals surface area contributed by atoms with Gasteiger partial charge in [0.25, 0.3) is 0 Å². The Labute approximate surface area is 101 Å². The normalized spacial score (nSPS) is 13.9. The Morgan fingerprint density at radius 2 is 2.29 bits per heavy atom. The van der Waals surface area contributed by atoms with Gasteiger partial charge in [-0.2, -0.15) is 0 Å². The average Bonchev–Trinajstić information content (AvgIpc) is 2.27. The van der Waals surface area contributed by atoms with Crippen molar-refractivity contribution in [1.82, 2.24) is 4.98 Å². The van der Waals surface area contributed by atoms with Gasteiger partial charge in [-0.05, 0) is 32.4 Å². The number of pyridine rings is 1. The van der Waals surface area contributed by atoms with Crippen molar-refractivity contribution >= 4 is 11.8 Å². The van der Waals surface area contributed by atoms with Gasteiger partial charge in [0.05, 0.1) is 13.2 Å². The first-order valence-electron chi connectivity index (χ1n) is 5.52. The van der Waals surface area contributed by atoms with Gasteiger partial charge in [0.15, 0.2) is 0 Å². The molecule has 0 saturated carbocycles. The molecule has 5 heteroatoms. The fraction of sp³-hybridized carbons (Fsp3) is 0.500. The number of nitrogens with one attached hydrogen (secondary N) is 1. The number of esters is 1. The highest BCUT2D eigenvalue weighted by molar-refractivity contribution is 5.94. The molecule has 0 radical (unpaired) electrons. The second-order valence-corrected chi connectivity index (χ2v) is 4.02. The monoisotopic (exact) mass is 238 g/mol. The smallest absolute Gasteiger partial charge is 0.341 e. The van der Waals surface area contributed by atoms with Crippen molar-refractivity contribution < 1.29 is 14.6 Å². The molecule has 2 unspecified atom stereocenters. The fourth-order valence-electron chi connectivity index (χ4n) is 1.60. The number of rotatable bonds is 5. The molecule has 17 heavy (non-hydrogen) atoms. The topological polar surface area (TPSA) is 71.5 Å². The highest BCUT2D eigenvalue weighted by Gasteiger charge is 2.14. The Bertz CT molecular complexity index is 380. The Morgan fingerprint density at radius 3 is 2.88 bits per heavy atom. The minimum absolute atomic E-state index is 0.0216. The third-order valence-electron chi connectivity index (χ3n) is 2.29. The van der Waals surface area contributed by atoms with Crippen molar-refractivity contribution in [2.24, 2.45) is 0 Å². The first-order valence-corrected chi connectivity index (χ1v) is 5.52. The number of carbonyl (C=O) groups is 1. The second-order valence-electron chi connectivity index (χ2n) is 4.02. The Kier molecular flexibility index (Phi) is 4.90. The van der Waals surface area contributed by atoms with Crippen LogP contribution in [-0.4, -0.2) is 35.3 Å². The van der Waals surface area contributed by atoms with E-state index >= 15 is 0 Å². The molecule has 0 amide bonds. The lowest BCUT2D eigenvalue weighted by atomic mass is 10.1. The van der Waals surface area contributed by atoms with Crippen molar-refractivity contribution in [2.75, 3.05) is 12.4 Å². The minimum atomic E-state index is -0.426. The highest BCUT2D eigenvalue weighted by Crippen LogP contribution is 2.15. The standard InChI is InChI=1S/C12H18N2O3/c1-8(7-9(2)15)14-11-10(12(16)17-3)5-4-6-13-11/h4-6,8-9,15H,7H2,1-3H3,(H,13,14). The third kappa shape index (κ3) is 4.03. The van der Waals surface area contributed by atoms with E-state index in [0.717, 1.165) is 0 Å². The number of anilines is 1. The summed E-state index contributed by atoms with van der Waals surface area (Å²) in [5, 5.41) is 12.4. The fourth-order valence-corrected chi connectivity index (χ4v) is 1.60. The molecule has 1 aromatic heterocycles. The predicted molar refractivity (Wildman–Crippen MR) is 65.0 cm³/mol. The molecule has 0 saturated heterocycles. The van der Waals surface area contributed by atoms with Crippen LogP contribution in [-0.2, 0) is 4.74 Å². The van der Waals surface area contributed by atoms with E-state index < -0.39 is 12.1 Å². The van der Waals surface area contributed by atoms with Crippen LogP contribution in [0.2, 0.25) is 0 Å². The molecule has 94 valence electrons. The van der Waals surface area contributed by atoms with Gasteiger partial charge in [-0.15, -0.1) is 0 Å². The quantitative estimate of drug-likeness (QED) is 0.759. The Hall–Kier alpha value is -1.62. The largest absolute Gasteiger partial charge is 0.465 e. The maximum Gasteiger partial charge on any atom is 0.341 e. The molecular formula is C12H18N2O3. The van der Waals surface area contributed by atoms with Gasteiger partial charge in [-0.3, -0.25) is 0 Å². The summed E-state index contributed by atoms with van der Waals surface area (Å²) in [7, 11) is 1.33. The van der Waals surface area contributed by atoms with Crippen molar-refractivity contribution in [1.29, 1.82) is 0 Å². The minimum Gasteiger partial charge on any atom is -0.465 e. The lowest BCUT2D eigenvalue weighted by molar-refractivity contribution is 0.0601. The van der Waals surface area contributed by atoms with Crippen molar-refractivity contribution in [3.8, 4) is 0 Å². The molecule has 0 spiro atoms. The summed E-state index contributed by atoms with van der Waals surface area (Å²) >= 11 is 0. The van der Waals surface area contributed by atoms with Crippen molar-refractivity contribution in [2.45, 2.75) is 32.4 Å². The predicted octanol–water partition coefficient (Wildman–Crippen LogP) is 1.44. The number of ether oxygens (including phenoxy) is 1. The molecule has 0 aliphatic rings. The SMILES string of the molecule is COC(=O)c1cccnc1NC(C)CC(C)O. The number of aliphatic hydroxyl groups excluding tert-OH is 1. The summed E-state index contributed by atoms with van der Waals surface area (Å²) < 4.78 is 4.67.